The lowest BCUT2D eigenvalue weighted by Gasteiger charge is -2.10. The Kier molecular flexibility index (Phi) is 4.35. The van der Waals surface area contributed by atoms with Crippen LogP contribution in [0.3, 0.4) is 0 Å². The van der Waals surface area contributed by atoms with E-state index in [2.05, 4.69) is 10.4 Å². The fourth-order valence-corrected chi connectivity index (χ4v) is 2.54. The zero-order valence-electron chi connectivity index (χ0n) is 13.9. The number of aryl methyl sites for hydroxylation is 2. The molecule has 2 N–H and O–H groups in total. The van der Waals surface area contributed by atoms with Crippen LogP contribution in [0.4, 0.5) is 5.69 Å². The lowest BCUT2D eigenvalue weighted by atomic mass is 10.1. The number of rotatable bonds is 4. The highest BCUT2D eigenvalue weighted by Crippen LogP contribution is 2.25. The van der Waals surface area contributed by atoms with E-state index in [1.54, 1.807) is 48.3 Å². The summed E-state index contributed by atoms with van der Waals surface area (Å²) in [6.45, 7) is 1.94. The van der Waals surface area contributed by atoms with Crippen molar-refractivity contribution >= 4 is 17.6 Å². The summed E-state index contributed by atoms with van der Waals surface area (Å²) in [6.07, 6.45) is 1.63. The molecular formula is C19H17N3O3. The minimum atomic E-state index is -1.06. The Morgan fingerprint density at radius 2 is 1.76 bits per heavy atom. The average molecular weight is 335 g/mol. The zero-order valence-corrected chi connectivity index (χ0v) is 13.9. The molecule has 0 atom stereocenters. The molecule has 6 nitrogen and oxygen atoms in total. The van der Waals surface area contributed by atoms with Crippen LogP contribution in [0, 0.1) is 6.92 Å². The predicted octanol–water partition coefficient (Wildman–Crippen LogP) is 3.35. The normalized spacial score (nSPS) is 10.5. The Bertz CT molecular complexity index is 943. The number of aromatic nitrogens is 2. The number of hydrogen-bond acceptors (Lipinski definition) is 3. The number of nitrogens with one attached hydrogen (secondary N) is 1. The maximum Gasteiger partial charge on any atom is 0.335 e. The molecule has 1 amide bonds. The van der Waals surface area contributed by atoms with Gasteiger partial charge in [-0.2, -0.15) is 5.10 Å². The molecule has 126 valence electrons. The largest absolute Gasteiger partial charge is 0.478 e. The van der Waals surface area contributed by atoms with Crippen molar-refractivity contribution < 1.29 is 14.7 Å². The van der Waals surface area contributed by atoms with Crippen LogP contribution in [0.15, 0.2) is 54.7 Å². The number of anilines is 1. The highest BCUT2D eigenvalue weighted by molar-refractivity contribution is 6.05. The van der Waals surface area contributed by atoms with E-state index in [1.165, 1.54) is 6.07 Å². The van der Waals surface area contributed by atoms with E-state index in [-0.39, 0.29) is 11.5 Å². The van der Waals surface area contributed by atoms with E-state index >= 15 is 0 Å². The second-order valence-electron chi connectivity index (χ2n) is 5.76. The van der Waals surface area contributed by atoms with Gasteiger partial charge in [0.1, 0.15) is 0 Å². The number of aromatic carboxylic acids is 1. The van der Waals surface area contributed by atoms with E-state index in [0.717, 1.165) is 11.3 Å². The molecule has 6 heteroatoms. The molecule has 0 spiro atoms. The summed E-state index contributed by atoms with van der Waals surface area (Å²) in [5.41, 5.74) is 3.50. The summed E-state index contributed by atoms with van der Waals surface area (Å²) in [7, 11) is 1.77. The second-order valence-corrected chi connectivity index (χ2v) is 5.76. The van der Waals surface area contributed by atoms with E-state index < -0.39 is 5.97 Å². The highest BCUT2D eigenvalue weighted by Gasteiger charge is 2.13. The molecule has 0 fully saturated rings. The summed E-state index contributed by atoms with van der Waals surface area (Å²) in [5, 5.41) is 16.2. The Labute approximate surface area is 144 Å². The van der Waals surface area contributed by atoms with Crippen molar-refractivity contribution in [2.24, 2.45) is 7.05 Å². The van der Waals surface area contributed by atoms with Crippen molar-refractivity contribution in [1.82, 2.24) is 9.78 Å². The lowest BCUT2D eigenvalue weighted by Crippen LogP contribution is -2.12. The number of benzene rings is 2. The Morgan fingerprint density at radius 1 is 1.04 bits per heavy atom. The topological polar surface area (TPSA) is 84.2 Å². The van der Waals surface area contributed by atoms with Gasteiger partial charge in [0.05, 0.1) is 11.3 Å². The van der Waals surface area contributed by atoms with Crippen LogP contribution in [0.25, 0.3) is 11.3 Å². The SMILES string of the molecule is Cc1ccc(C(=O)Nc2cc(C(=O)O)cc(-c3ccnn3C)c2)cc1. The molecule has 0 aliphatic carbocycles. The first-order valence-electron chi connectivity index (χ1n) is 7.69. The molecule has 0 aliphatic heterocycles. The van der Waals surface area contributed by atoms with Gasteiger partial charge in [-0.15, -0.1) is 0 Å². The summed E-state index contributed by atoms with van der Waals surface area (Å²) in [4.78, 5) is 23.8. The van der Waals surface area contributed by atoms with Gasteiger partial charge in [-0.05, 0) is 43.3 Å². The minimum absolute atomic E-state index is 0.0953. The summed E-state index contributed by atoms with van der Waals surface area (Å²) in [5.74, 6) is -1.35. The van der Waals surface area contributed by atoms with Gasteiger partial charge in [0.15, 0.2) is 0 Å². The summed E-state index contributed by atoms with van der Waals surface area (Å²) < 4.78 is 1.65. The molecule has 2 aromatic carbocycles. The molecule has 25 heavy (non-hydrogen) atoms. The van der Waals surface area contributed by atoms with Crippen molar-refractivity contribution in [2.75, 3.05) is 5.32 Å². The van der Waals surface area contributed by atoms with Crippen LogP contribution in [0.1, 0.15) is 26.3 Å². The smallest absolute Gasteiger partial charge is 0.335 e. The molecule has 3 aromatic rings. The van der Waals surface area contributed by atoms with Crippen molar-refractivity contribution in [1.29, 1.82) is 0 Å². The molecule has 0 aliphatic rings. The Hall–Kier alpha value is -3.41. The quantitative estimate of drug-likeness (QED) is 0.766. The van der Waals surface area contributed by atoms with Crippen LogP contribution in [0.2, 0.25) is 0 Å². The summed E-state index contributed by atoms with van der Waals surface area (Å²) in [6, 6.07) is 13.7. The molecule has 1 aromatic heterocycles. The van der Waals surface area contributed by atoms with Crippen molar-refractivity contribution in [3.05, 3.63) is 71.4 Å². The van der Waals surface area contributed by atoms with Crippen molar-refractivity contribution in [2.45, 2.75) is 6.92 Å². The third-order valence-corrected chi connectivity index (χ3v) is 3.87. The van der Waals surface area contributed by atoms with Crippen molar-refractivity contribution in [3.63, 3.8) is 0 Å². The molecule has 3 rings (SSSR count). The van der Waals surface area contributed by atoms with Gasteiger partial charge in [0, 0.05) is 30.1 Å². The zero-order chi connectivity index (χ0) is 18.0. The number of amides is 1. The maximum atomic E-state index is 12.4. The van der Waals surface area contributed by atoms with Crippen molar-refractivity contribution in [3.8, 4) is 11.3 Å². The number of carboxylic acids is 1. The fraction of sp³-hybridized carbons (Fsp3) is 0.105. The van der Waals surface area contributed by atoms with E-state index in [0.29, 0.717) is 16.8 Å². The van der Waals surface area contributed by atoms with Crippen LogP contribution in [-0.4, -0.2) is 26.8 Å². The molecule has 1 heterocycles. The van der Waals surface area contributed by atoms with E-state index in [1.807, 2.05) is 19.1 Å². The van der Waals surface area contributed by atoms with Crippen LogP contribution in [-0.2, 0) is 7.05 Å². The third kappa shape index (κ3) is 3.58. The van der Waals surface area contributed by atoms with Crippen LogP contribution < -0.4 is 5.32 Å². The summed E-state index contributed by atoms with van der Waals surface area (Å²) >= 11 is 0. The van der Waals surface area contributed by atoms with Gasteiger partial charge in [0.2, 0.25) is 0 Å². The molecular weight excluding hydrogens is 318 g/mol. The molecule has 0 radical (unpaired) electrons. The number of carbonyl (C=O) groups is 2. The van der Waals surface area contributed by atoms with Gasteiger partial charge < -0.3 is 10.4 Å². The predicted molar refractivity (Wildman–Crippen MR) is 94.7 cm³/mol. The van der Waals surface area contributed by atoms with Gasteiger partial charge in [-0.25, -0.2) is 4.79 Å². The standard InChI is InChI=1S/C19H17N3O3/c1-12-3-5-13(6-4-12)18(23)21-16-10-14(9-15(11-16)19(24)25)17-7-8-20-22(17)2/h3-11H,1-2H3,(H,21,23)(H,24,25). The average Bonchev–Trinajstić information content (AvgIpc) is 3.01. The van der Waals surface area contributed by atoms with Gasteiger partial charge >= 0.3 is 5.97 Å². The Morgan fingerprint density at radius 3 is 2.36 bits per heavy atom. The fourth-order valence-electron chi connectivity index (χ4n) is 2.54. The second kappa shape index (κ2) is 6.60. The maximum absolute atomic E-state index is 12.4. The number of carboxylic acid groups (broad SMARTS) is 1. The van der Waals surface area contributed by atoms with Crippen LogP contribution >= 0.6 is 0 Å². The first-order valence-corrected chi connectivity index (χ1v) is 7.69. The lowest BCUT2D eigenvalue weighted by molar-refractivity contribution is 0.0696. The van der Waals surface area contributed by atoms with E-state index in [4.69, 9.17) is 0 Å². The molecule has 0 unspecified atom stereocenters. The molecule has 0 bridgehead atoms. The first kappa shape index (κ1) is 16.4. The number of carbonyl (C=O) groups excluding carboxylic acids is 1. The highest BCUT2D eigenvalue weighted by atomic mass is 16.4. The number of hydrogen-bond donors (Lipinski definition) is 2. The first-order chi connectivity index (χ1) is 11.9. The van der Waals surface area contributed by atoms with Gasteiger partial charge in [-0.3, -0.25) is 9.48 Å². The van der Waals surface area contributed by atoms with E-state index in [9.17, 15) is 14.7 Å². The van der Waals surface area contributed by atoms with Gasteiger partial charge in [-0.1, -0.05) is 17.7 Å². The minimum Gasteiger partial charge on any atom is -0.478 e. The number of nitrogens with zero attached hydrogens (tertiary/aromatic N) is 2. The molecule has 0 saturated heterocycles. The monoisotopic (exact) mass is 335 g/mol. The third-order valence-electron chi connectivity index (χ3n) is 3.87. The van der Waals surface area contributed by atoms with Crippen LogP contribution in [0.5, 0.6) is 0 Å². The Balaban J connectivity index is 1.96. The van der Waals surface area contributed by atoms with Gasteiger partial charge in [0.25, 0.3) is 5.91 Å². The molecule has 0 saturated carbocycles.